The third-order valence-electron chi connectivity index (χ3n) is 2.96. The zero-order valence-corrected chi connectivity index (χ0v) is 9.96. The molecule has 1 fully saturated rings. The van der Waals surface area contributed by atoms with Crippen molar-refractivity contribution in [2.45, 2.75) is 45.4 Å². The van der Waals surface area contributed by atoms with Crippen LogP contribution < -0.4 is 0 Å². The van der Waals surface area contributed by atoms with E-state index in [1.165, 1.54) is 12.8 Å². The second kappa shape index (κ2) is 6.46. The maximum Gasteiger partial charge on any atom is 0.333 e. The van der Waals surface area contributed by atoms with E-state index in [-0.39, 0.29) is 11.9 Å². The third-order valence-corrected chi connectivity index (χ3v) is 2.96. The minimum absolute atomic E-state index is 0.275. The zero-order valence-electron chi connectivity index (χ0n) is 9.96. The van der Waals surface area contributed by atoms with E-state index in [1.807, 2.05) is 0 Å². The van der Waals surface area contributed by atoms with Crippen LogP contribution in [0.2, 0.25) is 0 Å². The van der Waals surface area contributed by atoms with E-state index >= 15 is 0 Å². The summed E-state index contributed by atoms with van der Waals surface area (Å²) in [5.41, 5.74) is 0.405. The van der Waals surface area contributed by atoms with Gasteiger partial charge in [0.05, 0.1) is 6.61 Å². The van der Waals surface area contributed by atoms with Gasteiger partial charge in [0.1, 0.15) is 5.78 Å². The predicted molar refractivity (Wildman–Crippen MR) is 62.0 cm³/mol. The van der Waals surface area contributed by atoms with Crippen molar-refractivity contribution in [1.29, 1.82) is 0 Å². The van der Waals surface area contributed by atoms with E-state index in [2.05, 4.69) is 6.58 Å². The summed E-state index contributed by atoms with van der Waals surface area (Å²) in [6.07, 6.45) is 5.62. The molecule has 16 heavy (non-hydrogen) atoms. The minimum atomic E-state index is -0.367. The number of carbonyl (C=O) groups excluding carboxylic acids is 2. The highest BCUT2D eigenvalue weighted by atomic mass is 16.5. The van der Waals surface area contributed by atoms with Crippen LogP contribution in [0.4, 0.5) is 0 Å². The van der Waals surface area contributed by atoms with Crippen molar-refractivity contribution in [2.75, 3.05) is 6.61 Å². The molecule has 0 saturated heterocycles. The van der Waals surface area contributed by atoms with Gasteiger partial charge in [0.25, 0.3) is 0 Å². The predicted octanol–water partition coefficient (Wildman–Crippen LogP) is 2.65. The van der Waals surface area contributed by atoms with Crippen molar-refractivity contribution in [2.24, 2.45) is 5.92 Å². The van der Waals surface area contributed by atoms with Crippen molar-refractivity contribution in [3.63, 3.8) is 0 Å². The molecular weight excluding hydrogens is 204 g/mol. The molecule has 0 heterocycles. The largest absolute Gasteiger partial charge is 0.462 e. The molecular formula is C13H20O3. The lowest BCUT2D eigenvalue weighted by Gasteiger charge is -2.07. The summed E-state index contributed by atoms with van der Waals surface area (Å²) in [6.45, 7) is 5.43. The first-order valence-corrected chi connectivity index (χ1v) is 5.96. The highest BCUT2D eigenvalue weighted by Crippen LogP contribution is 2.26. The molecule has 0 aromatic heterocycles. The SMILES string of the molecule is C=C(C)C(=O)OCCCC(=O)C1CCCC1. The molecule has 0 amide bonds. The van der Waals surface area contributed by atoms with Crippen LogP contribution in [-0.2, 0) is 14.3 Å². The molecule has 1 rings (SSSR count). The zero-order chi connectivity index (χ0) is 12.0. The topological polar surface area (TPSA) is 43.4 Å². The van der Waals surface area contributed by atoms with Crippen LogP contribution in [0.25, 0.3) is 0 Å². The van der Waals surface area contributed by atoms with Gasteiger partial charge in [0.2, 0.25) is 0 Å². The fourth-order valence-corrected chi connectivity index (χ4v) is 1.99. The fraction of sp³-hybridized carbons (Fsp3) is 0.692. The molecule has 0 aliphatic heterocycles. The van der Waals surface area contributed by atoms with E-state index in [1.54, 1.807) is 6.92 Å². The van der Waals surface area contributed by atoms with Gasteiger partial charge in [-0.15, -0.1) is 0 Å². The van der Waals surface area contributed by atoms with Gasteiger partial charge in [-0.3, -0.25) is 4.79 Å². The van der Waals surface area contributed by atoms with E-state index < -0.39 is 0 Å². The Morgan fingerprint density at radius 1 is 1.31 bits per heavy atom. The number of hydrogen-bond acceptors (Lipinski definition) is 3. The van der Waals surface area contributed by atoms with E-state index in [4.69, 9.17) is 4.74 Å². The molecule has 0 aromatic rings. The summed E-state index contributed by atoms with van der Waals surface area (Å²) in [4.78, 5) is 22.7. The standard InChI is InChI=1S/C13H20O3/c1-10(2)13(15)16-9-5-8-12(14)11-6-3-4-7-11/h11H,1,3-9H2,2H3. The first-order valence-electron chi connectivity index (χ1n) is 5.96. The molecule has 1 aliphatic carbocycles. The number of ether oxygens (including phenoxy) is 1. The van der Waals surface area contributed by atoms with Gasteiger partial charge in [-0.2, -0.15) is 0 Å². The highest BCUT2D eigenvalue weighted by molar-refractivity contribution is 5.87. The Kier molecular flexibility index (Phi) is 5.23. The van der Waals surface area contributed by atoms with Crippen LogP contribution >= 0.6 is 0 Å². The Morgan fingerprint density at radius 3 is 2.50 bits per heavy atom. The summed E-state index contributed by atoms with van der Waals surface area (Å²) in [7, 11) is 0. The van der Waals surface area contributed by atoms with E-state index in [0.29, 0.717) is 30.8 Å². The number of carbonyl (C=O) groups is 2. The molecule has 0 aromatic carbocycles. The van der Waals surface area contributed by atoms with Crippen molar-refractivity contribution in [3.05, 3.63) is 12.2 Å². The van der Waals surface area contributed by atoms with Gasteiger partial charge in [-0.05, 0) is 26.2 Å². The lowest BCUT2D eigenvalue weighted by Crippen LogP contribution is -2.12. The first kappa shape index (κ1) is 12.9. The van der Waals surface area contributed by atoms with E-state index in [9.17, 15) is 9.59 Å². The molecule has 3 heteroatoms. The summed E-state index contributed by atoms with van der Waals surface area (Å²) < 4.78 is 4.93. The fourth-order valence-electron chi connectivity index (χ4n) is 1.99. The van der Waals surface area contributed by atoms with Gasteiger partial charge in [0.15, 0.2) is 0 Å². The van der Waals surface area contributed by atoms with Gasteiger partial charge in [-0.25, -0.2) is 4.79 Å². The normalized spacial score (nSPS) is 16.1. The van der Waals surface area contributed by atoms with Crippen LogP contribution in [0.15, 0.2) is 12.2 Å². The first-order chi connectivity index (χ1) is 7.61. The summed E-state index contributed by atoms with van der Waals surface area (Å²) in [5, 5.41) is 0. The number of Topliss-reactive ketones (excluding diaryl/α,β-unsaturated/α-hetero) is 1. The molecule has 1 aliphatic rings. The average Bonchev–Trinajstić information content (AvgIpc) is 2.76. The van der Waals surface area contributed by atoms with Crippen LogP contribution in [0.1, 0.15) is 45.4 Å². The van der Waals surface area contributed by atoms with E-state index in [0.717, 1.165) is 12.8 Å². The minimum Gasteiger partial charge on any atom is -0.462 e. The number of rotatable bonds is 6. The second-order valence-corrected chi connectivity index (χ2v) is 4.47. The Balaban J connectivity index is 2.08. The van der Waals surface area contributed by atoms with Crippen LogP contribution in [-0.4, -0.2) is 18.4 Å². The van der Waals surface area contributed by atoms with Crippen molar-refractivity contribution in [3.8, 4) is 0 Å². The summed E-state index contributed by atoms with van der Waals surface area (Å²) in [6, 6.07) is 0. The highest BCUT2D eigenvalue weighted by Gasteiger charge is 2.21. The van der Waals surface area contributed by atoms with Gasteiger partial charge >= 0.3 is 5.97 Å². The summed E-state index contributed by atoms with van der Waals surface area (Å²) in [5.74, 6) is 0.244. The molecule has 0 unspecified atom stereocenters. The van der Waals surface area contributed by atoms with Crippen LogP contribution in [0, 0.1) is 5.92 Å². The molecule has 0 spiro atoms. The lowest BCUT2D eigenvalue weighted by atomic mass is 9.99. The Bertz CT molecular complexity index is 275. The second-order valence-electron chi connectivity index (χ2n) is 4.47. The maximum absolute atomic E-state index is 11.7. The Hall–Kier alpha value is -1.12. The number of esters is 1. The Labute approximate surface area is 96.9 Å². The summed E-state index contributed by atoms with van der Waals surface area (Å²) >= 11 is 0. The molecule has 90 valence electrons. The number of hydrogen-bond donors (Lipinski definition) is 0. The molecule has 0 atom stereocenters. The quantitative estimate of drug-likeness (QED) is 0.396. The molecule has 0 radical (unpaired) electrons. The average molecular weight is 224 g/mol. The van der Waals surface area contributed by atoms with Crippen molar-refractivity contribution in [1.82, 2.24) is 0 Å². The van der Waals surface area contributed by atoms with Crippen LogP contribution in [0.5, 0.6) is 0 Å². The lowest BCUT2D eigenvalue weighted by molar-refractivity contribution is -0.139. The Morgan fingerprint density at radius 2 is 1.94 bits per heavy atom. The number of ketones is 1. The molecule has 0 bridgehead atoms. The van der Waals surface area contributed by atoms with Crippen molar-refractivity contribution >= 4 is 11.8 Å². The van der Waals surface area contributed by atoms with Gasteiger partial charge < -0.3 is 4.74 Å². The third kappa shape index (κ3) is 4.17. The van der Waals surface area contributed by atoms with Crippen LogP contribution in [0.3, 0.4) is 0 Å². The smallest absolute Gasteiger partial charge is 0.333 e. The molecule has 0 N–H and O–H groups in total. The van der Waals surface area contributed by atoms with Gasteiger partial charge in [0, 0.05) is 17.9 Å². The maximum atomic E-state index is 11.7. The van der Waals surface area contributed by atoms with Crippen molar-refractivity contribution < 1.29 is 14.3 Å². The monoisotopic (exact) mass is 224 g/mol. The molecule has 3 nitrogen and oxygen atoms in total. The molecule has 1 saturated carbocycles. The van der Waals surface area contributed by atoms with Gasteiger partial charge in [-0.1, -0.05) is 19.4 Å².